The Morgan fingerprint density at radius 3 is 2.22 bits per heavy atom. The van der Waals surface area contributed by atoms with Crippen molar-refractivity contribution in [2.45, 2.75) is 19.4 Å². The van der Waals surface area contributed by atoms with E-state index in [1.165, 1.54) is 5.56 Å². The maximum absolute atomic E-state index is 12.9. The molecular formula is C27H30N2O3. The first kappa shape index (κ1) is 21.9. The lowest BCUT2D eigenvalue weighted by molar-refractivity contribution is -0.121. The molecule has 0 spiro atoms. The molecule has 1 aliphatic rings. The van der Waals surface area contributed by atoms with E-state index in [2.05, 4.69) is 22.3 Å². The van der Waals surface area contributed by atoms with Crippen LogP contribution in [0.2, 0.25) is 0 Å². The summed E-state index contributed by atoms with van der Waals surface area (Å²) in [5.74, 6) is 1.84. The predicted molar refractivity (Wildman–Crippen MR) is 128 cm³/mol. The summed E-state index contributed by atoms with van der Waals surface area (Å²) < 4.78 is 10.6. The van der Waals surface area contributed by atoms with E-state index in [4.69, 9.17) is 9.47 Å². The number of methoxy groups -OCH3 is 2. The normalized spacial score (nSPS) is 14.7. The van der Waals surface area contributed by atoms with E-state index in [1.54, 1.807) is 14.2 Å². The smallest absolute Gasteiger partial charge is 0.227 e. The van der Waals surface area contributed by atoms with Gasteiger partial charge in [-0.2, -0.15) is 0 Å². The highest BCUT2D eigenvalue weighted by atomic mass is 16.5. The van der Waals surface area contributed by atoms with Gasteiger partial charge < -0.3 is 14.8 Å². The summed E-state index contributed by atoms with van der Waals surface area (Å²) in [6, 6.07) is 24.1. The molecule has 1 saturated heterocycles. The zero-order valence-electron chi connectivity index (χ0n) is 18.7. The molecule has 4 rings (SSSR count). The zero-order chi connectivity index (χ0) is 22.3. The molecular weight excluding hydrogens is 400 g/mol. The van der Waals surface area contributed by atoms with Crippen molar-refractivity contribution in [3.8, 4) is 22.6 Å². The maximum Gasteiger partial charge on any atom is 0.227 e. The minimum Gasteiger partial charge on any atom is -0.497 e. The maximum atomic E-state index is 12.9. The highest BCUT2D eigenvalue weighted by Crippen LogP contribution is 2.27. The Labute approximate surface area is 190 Å². The largest absolute Gasteiger partial charge is 0.497 e. The van der Waals surface area contributed by atoms with Crippen molar-refractivity contribution in [3.63, 3.8) is 0 Å². The molecule has 5 heteroatoms. The number of amides is 1. The molecule has 0 saturated carbocycles. The molecule has 1 heterocycles. The third kappa shape index (κ3) is 5.48. The summed E-state index contributed by atoms with van der Waals surface area (Å²) in [6.45, 7) is 2.71. The van der Waals surface area contributed by atoms with Crippen molar-refractivity contribution in [2.75, 3.05) is 32.6 Å². The first-order chi connectivity index (χ1) is 15.6. The number of likely N-dealkylation sites (tertiary alicyclic amines) is 1. The van der Waals surface area contributed by atoms with Gasteiger partial charge in [0.05, 0.1) is 14.2 Å². The molecule has 0 unspecified atom stereocenters. The Kier molecular flexibility index (Phi) is 7.07. The average Bonchev–Trinajstić information content (AvgIpc) is 2.85. The van der Waals surface area contributed by atoms with Gasteiger partial charge in [0.1, 0.15) is 11.5 Å². The first-order valence-electron chi connectivity index (χ1n) is 11.1. The molecule has 0 bridgehead atoms. The van der Waals surface area contributed by atoms with Gasteiger partial charge >= 0.3 is 0 Å². The lowest BCUT2D eigenvalue weighted by Gasteiger charge is -2.31. The third-order valence-electron chi connectivity index (χ3n) is 6.03. The van der Waals surface area contributed by atoms with Crippen LogP contribution in [0.4, 0.5) is 5.69 Å². The third-order valence-corrected chi connectivity index (χ3v) is 6.03. The summed E-state index contributed by atoms with van der Waals surface area (Å²) in [4.78, 5) is 15.3. The number of ether oxygens (including phenoxy) is 2. The van der Waals surface area contributed by atoms with E-state index in [0.717, 1.165) is 60.8 Å². The van der Waals surface area contributed by atoms with Gasteiger partial charge in [-0.25, -0.2) is 0 Å². The molecule has 0 atom stereocenters. The zero-order valence-corrected chi connectivity index (χ0v) is 18.7. The monoisotopic (exact) mass is 430 g/mol. The van der Waals surface area contributed by atoms with Crippen molar-refractivity contribution in [3.05, 3.63) is 78.4 Å². The van der Waals surface area contributed by atoms with Crippen LogP contribution in [0, 0.1) is 5.92 Å². The van der Waals surface area contributed by atoms with Crippen LogP contribution < -0.4 is 14.8 Å². The van der Waals surface area contributed by atoms with Crippen molar-refractivity contribution in [2.24, 2.45) is 5.92 Å². The number of hydrogen-bond donors (Lipinski definition) is 1. The molecule has 0 aliphatic carbocycles. The topological polar surface area (TPSA) is 50.8 Å². The summed E-state index contributed by atoms with van der Waals surface area (Å²) in [5, 5.41) is 3.12. The number of piperidine rings is 1. The van der Waals surface area contributed by atoms with E-state index in [0.29, 0.717) is 0 Å². The van der Waals surface area contributed by atoms with Crippen LogP contribution in [0.3, 0.4) is 0 Å². The van der Waals surface area contributed by atoms with Crippen molar-refractivity contribution in [1.29, 1.82) is 0 Å². The SMILES string of the molecule is COc1cccc(CN2CCC(C(=O)Nc3cccc(-c4cccc(OC)c4)c3)CC2)c1. The number of nitrogens with zero attached hydrogens (tertiary/aromatic N) is 1. The van der Waals surface area contributed by atoms with Gasteiger partial charge in [-0.15, -0.1) is 0 Å². The minimum atomic E-state index is 0.0389. The second kappa shape index (κ2) is 10.3. The van der Waals surface area contributed by atoms with Crippen LogP contribution in [0.25, 0.3) is 11.1 Å². The van der Waals surface area contributed by atoms with Crippen molar-refractivity contribution < 1.29 is 14.3 Å². The van der Waals surface area contributed by atoms with E-state index in [9.17, 15) is 4.79 Å². The van der Waals surface area contributed by atoms with Crippen LogP contribution in [0.15, 0.2) is 72.8 Å². The predicted octanol–water partition coefficient (Wildman–Crippen LogP) is 5.22. The Morgan fingerprint density at radius 1 is 0.875 bits per heavy atom. The average molecular weight is 431 g/mol. The van der Waals surface area contributed by atoms with Gasteiger partial charge in [0.15, 0.2) is 0 Å². The second-order valence-corrected chi connectivity index (χ2v) is 8.20. The standard InChI is InChI=1S/C27H30N2O3/c1-31-25-10-3-6-20(16-25)19-29-14-12-21(13-15-29)27(30)28-24-9-4-7-22(17-24)23-8-5-11-26(18-23)32-2/h3-11,16-18,21H,12-15,19H2,1-2H3,(H,28,30). The highest BCUT2D eigenvalue weighted by Gasteiger charge is 2.25. The van der Waals surface area contributed by atoms with Crippen LogP contribution in [0.1, 0.15) is 18.4 Å². The molecule has 3 aromatic rings. The van der Waals surface area contributed by atoms with Crippen molar-refractivity contribution in [1.82, 2.24) is 4.90 Å². The molecule has 1 aliphatic heterocycles. The Hall–Kier alpha value is -3.31. The number of carbonyl (C=O) groups excluding carboxylic acids is 1. The highest BCUT2D eigenvalue weighted by molar-refractivity contribution is 5.93. The molecule has 32 heavy (non-hydrogen) atoms. The summed E-state index contributed by atoms with van der Waals surface area (Å²) >= 11 is 0. The molecule has 166 valence electrons. The molecule has 5 nitrogen and oxygen atoms in total. The second-order valence-electron chi connectivity index (χ2n) is 8.20. The molecule has 1 amide bonds. The fraction of sp³-hybridized carbons (Fsp3) is 0.296. The number of hydrogen-bond acceptors (Lipinski definition) is 4. The van der Waals surface area contributed by atoms with Gasteiger partial charge in [-0.3, -0.25) is 9.69 Å². The summed E-state index contributed by atoms with van der Waals surface area (Å²) in [7, 11) is 3.35. The van der Waals surface area contributed by atoms with Gasteiger partial charge in [-0.05, 0) is 79.0 Å². The molecule has 1 N–H and O–H groups in total. The van der Waals surface area contributed by atoms with Gasteiger partial charge in [0.25, 0.3) is 0 Å². The first-order valence-corrected chi connectivity index (χ1v) is 11.1. The van der Waals surface area contributed by atoms with Gasteiger partial charge in [0.2, 0.25) is 5.91 Å². The quantitative estimate of drug-likeness (QED) is 0.558. The lowest BCUT2D eigenvalue weighted by Crippen LogP contribution is -2.37. The number of benzene rings is 3. The molecule has 0 radical (unpaired) electrons. The Balaban J connectivity index is 1.33. The van der Waals surface area contributed by atoms with Gasteiger partial charge in [0, 0.05) is 18.2 Å². The van der Waals surface area contributed by atoms with Gasteiger partial charge in [-0.1, -0.05) is 36.4 Å². The fourth-order valence-electron chi connectivity index (χ4n) is 4.21. The lowest BCUT2D eigenvalue weighted by atomic mass is 9.95. The van der Waals surface area contributed by atoms with Crippen molar-refractivity contribution >= 4 is 11.6 Å². The fourth-order valence-corrected chi connectivity index (χ4v) is 4.21. The number of carbonyl (C=O) groups is 1. The summed E-state index contributed by atoms with van der Waals surface area (Å²) in [6.07, 6.45) is 1.73. The minimum absolute atomic E-state index is 0.0389. The van der Waals surface area contributed by atoms with E-state index < -0.39 is 0 Å². The molecule has 0 aromatic heterocycles. The van der Waals surface area contributed by atoms with Crippen LogP contribution in [0.5, 0.6) is 11.5 Å². The number of rotatable bonds is 7. The molecule has 1 fully saturated rings. The van der Waals surface area contributed by atoms with Crippen LogP contribution >= 0.6 is 0 Å². The Bertz CT molecular complexity index is 1060. The Morgan fingerprint density at radius 2 is 1.50 bits per heavy atom. The number of anilines is 1. The molecule has 3 aromatic carbocycles. The number of nitrogens with one attached hydrogen (secondary N) is 1. The van der Waals surface area contributed by atoms with Crippen LogP contribution in [-0.4, -0.2) is 38.1 Å². The van der Waals surface area contributed by atoms with E-state index in [1.807, 2.05) is 60.7 Å². The van der Waals surface area contributed by atoms with E-state index >= 15 is 0 Å². The van der Waals surface area contributed by atoms with Crippen LogP contribution in [-0.2, 0) is 11.3 Å². The summed E-state index contributed by atoms with van der Waals surface area (Å²) in [5.41, 5.74) is 4.18. The van der Waals surface area contributed by atoms with E-state index in [-0.39, 0.29) is 11.8 Å².